The van der Waals surface area contributed by atoms with Gasteiger partial charge in [0.1, 0.15) is 13.2 Å². The van der Waals surface area contributed by atoms with Crippen LogP contribution in [0.1, 0.15) is 38.3 Å². The molecule has 4 rings (SSSR count). The summed E-state index contributed by atoms with van der Waals surface area (Å²) in [5, 5.41) is 3.13. The summed E-state index contributed by atoms with van der Waals surface area (Å²) in [6, 6.07) is 13.0. The van der Waals surface area contributed by atoms with Crippen molar-refractivity contribution in [3.8, 4) is 11.5 Å². The Morgan fingerprint density at radius 1 is 1.10 bits per heavy atom. The molecule has 3 aromatic rings. The molecule has 0 aliphatic carbocycles. The Labute approximate surface area is 174 Å². The van der Waals surface area contributed by atoms with Crippen LogP contribution in [0.25, 0.3) is 11.1 Å². The standard InChI is InChI=1S/C23H26N2O5/c1-15(2)22(16-9-10-19-20(14-16)29-13-12-28-19)24-21(26)8-5-11-25-17-6-3-4-7-18(17)30-23(25)27/h3-4,6-7,9-10,14-15,22H,5,8,11-13H2,1-2H3,(H,24,26)/t22-/m1/s1. The van der Waals surface area contributed by atoms with Crippen molar-refractivity contribution in [3.05, 3.63) is 58.6 Å². The van der Waals surface area contributed by atoms with Gasteiger partial charge in [-0.25, -0.2) is 4.79 Å². The van der Waals surface area contributed by atoms with Crippen molar-refractivity contribution < 1.29 is 18.7 Å². The number of fused-ring (bicyclic) bond motifs is 2. The molecule has 1 aliphatic rings. The molecule has 0 bridgehead atoms. The van der Waals surface area contributed by atoms with Gasteiger partial charge >= 0.3 is 5.76 Å². The SMILES string of the molecule is CC(C)[C@@H](NC(=O)CCCn1c(=O)oc2ccccc21)c1ccc2c(c1)OCCO2. The number of para-hydroxylation sites is 2. The molecule has 2 heterocycles. The van der Waals surface area contributed by atoms with Gasteiger partial charge < -0.3 is 19.2 Å². The molecule has 0 spiro atoms. The number of hydrogen-bond acceptors (Lipinski definition) is 5. The summed E-state index contributed by atoms with van der Waals surface area (Å²) in [6.07, 6.45) is 0.862. The van der Waals surface area contributed by atoms with Crippen molar-refractivity contribution >= 4 is 17.0 Å². The zero-order chi connectivity index (χ0) is 21.1. The average Bonchev–Trinajstić information content (AvgIpc) is 3.06. The number of rotatable bonds is 7. The van der Waals surface area contributed by atoms with E-state index in [1.54, 1.807) is 10.6 Å². The third-order valence-electron chi connectivity index (χ3n) is 5.27. The highest BCUT2D eigenvalue weighted by Crippen LogP contribution is 2.34. The highest BCUT2D eigenvalue weighted by atomic mass is 16.6. The number of aromatic nitrogens is 1. The average molecular weight is 410 g/mol. The van der Waals surface area contributed by atoms with Gasteiger partial charge in [0.15, 0.2) is 17.1 Å². The van der Waals surface area contributed by atoms with Crippen LogP contribution in [0, 0.1) is 5.92 Å². The van der Waals surface area contributed by atoms with Crippen molar-refractivity contribution in [2.75, 3.05) is 13.2 Å². The Bertz CT molecular complexity index is 1100. The molecule has 158 valence electrons. The Morgan fingerprint density at radius 3 is 2.67 bits per heavy atom. The molecule has 7 heteroatoms. The number of ether oxygens (including phenoxy) is 2. The van der Waals surface area contributed by atoms with Crippen LogP contribution in [0.3, 0.4) is 0 Å². The van der Waals surface area contributed by atoms with Crippen LogP contribution in [0.4, 0.5) is 0 Å². The van der Waals surface area contributed by atoms with E-state index >= 15 is 0 Å². The summed E-state index contributed by atoms with van der Waals surface area (Å²) in [5.74, 6) is 1.20. The van der Waals surface area contributed by atoms with E-state index in [2.05, 4.69) is 19.2 Å². The number of nitrogens with zero attached hydrogens (tertiary/aromatic N) is 1. The van der Waals surface area contributed by atoms with E-state index in [1.807, 2.05) is 36.4 Å². The normalized spacial score (nSPS) is 14.1. The Hall–Kier alpha value is -3.22. The summed E-state index contributed by atoms with van der Waals surface area (Å²) >= 11 is 0. The van der Waals surface area contributed by atoms with Gasteiger partial charge in [0.2, 0.25) is 5.91 Å². The van der Waals surface area contributed by atoms with Gasteiger partial charge in [-0.05, 0) is 42.2 Å². The first kappa shape index (κ1) is 20.1. The number of carbonyl (C=O) groups excluding carboxylic acids is 1. The molecule has 0 saturated carbocycles. The lowest BCUT2D eigenvalue weighted by Gasteiger charge is -2.25. The van der Waals surface area contributed by atoms with E-state index < -0.39 is 5.76 Å². The summed E-state index contributed by atoms with van der Waals surface area (Å²) in [7, 11) is 0. The highest BCUT2D eigenvalue weighted by Gasteiger charge is 2.21. The van der Waals surface area contributed by atoms with E-state index in [-0.39, 0.29) is 17.9 Å². The van der Waals surface area contributed by atoms with Crippen molar-refractivity contribution in [2.24, 2.45) is 5.92 Å². The van der Waals surface area contributed by atoms with Crippen molar-refractivity contribution in [2.45, 2.75) is 39.3 Å². The van der Waals surface area contributed by atoms with E-state index in [1.165, 1.54) is 0 Å². The smallest absolute Gasteiger partial charge is 0.419 e. The predicted octanol–water partition coefficient (Wildman–Crippen LogP) is 3.66. The van der Waals surface area contributed by atoms with Crippen LogP contribution < -0.4 is 20.5 Å². The van der Waals surface area contributed by atoms with E-state index in [4.69, 9.17) is 13.9 Å². The molecular formula is C23H26N2O5. The van der Waals surface area contributed by atoms with E-state index in [9.17, 15) is 9.59 Å². The highest BCUT2D eigenvalue weighted by molar-refractivity contribution is 5.76. The third-order valence-corrected chi connectivity index (χ3v) is 5.27. The molecule has 0 unspecified atom stereocenters. The van der Waals surface area contributed by atoms with Crippen LogP contribution in [-0.4, -0.2) is 23.7 Å². The molecule has 0 fully saturated rings. The monoisotopic (exact) mass is 410 g/mol. The molecule has 1 aromatic heterocycles. The summed E-state index contributed by atoms with van der Waals surface area (Å²) in [6.45, 7) is 5.64. The number of carbonyl (C=O) groups is 1. The number of benzene rings is 2. The lowest BCUT2D eigenvalue weighted by Crippen LogP contribution is -2.32. The van der Waals surface area contributed by atoms with Crippen LogP contribution >= 0.6 is 0 Å². The summed E-state index contributed by atoms with van der Waals surface area (Å²) < 4.78 is 18.1. The molecule has 0 saturated heterocycles. The summed E-state index contributed by atoms with van der Waals surface area (Å²) in [5.41, 5.74) is 2.30. The Morgan fingerprint density at radius 2 is 1.87 bits per heavy atom. The maximum Gasteiger partial charge on any atom is 0.419 e. The van der Waals surface area contributed by atoms with E-state index in [0.717, 1.165) is 16.8 Å². The molecular weight excluding hydrogens is 384 g/mol. The zero-order valence-corrected chi connectivity index (χ0v) is 17.2. The topological polar surface area (TPSA) is 82.7 Å². The minimum absolute atomic E-state index is 0.0514. The van der Waals surface area contributed by atoms with E-state index in [0.29, 0.717) is 43.9 Å². The van der Waals surface area contributed by atoms with Crippen molar-refractivity contribution in [3.63, 3.8) is 0 Å². The first-order valence-corrected chi connectivity index (χ1v) is 10.3. The minimum atomic E-state index is -0.395. The van der Waals surface area contributed by atoms with Gasteiger partial charge in [-0.2, -0.15) is 0 Å². The minimum Gasteiger partial charge on any atom is -0.486 e. The van der Waals surface area contributed by atoms with Gasteiger partial charge in [-0.3, -0.25) is 9.36 Å². The molecule has 0 radical (unpaired) electrons. The van der Waals surface area contributed by atoms with Gasteiger partial charge in [0.05, 0.1) is 11.6 Å². The fourth-order valence-electron chi connectivity index (χ4n) is 3.76. The number of hydrogen-bond donors (Lipinski definition) is 1. The number of amides is 1. The lowest BCUT2D eigenvalue weighted by atomic mass is 9.95. The predicted molar refractivity (Wildman–Crippen MR) is 113 cm³/mol. The maximum atomic E-state index is 12.6. The molecule has 1 N–H and O–H groups in total. The van der Waals surface area contributed by atoms with Crippen molar-refractivity contribution in [1.82, 2.24) is 9.88 Å². The first-order chi connectivity index (χ1) is 14.5. The van der Waals surface area contributed by atoms with Crippen LogP contribution in [0.2, 0.25) is 0 Å². The van der Waals surface area contributed by atoms with Crippen molar-refractivity contribution in [1.29, 1.82) is 0 Å². The van der Waals surface area contributed by atoms with Crippen LogP contribution in [0.15, 0.2) is 51.7 Å². The largest absolute Gasteiger partial charge is 0.486 e. The zero-order valence-electron chi connectivity index (χ0n) is 17.2. The molecule has 1 amide bonds. The van der Waals surface area contributed by atoms with Crippen LogP contribution in [-0.2, 0) is 11.3 Å². The first-order valence-electron chi connectivity index (χ1n) is 10.3. The van der Waals surface area contributed by atoms with Gasteiger partial charge in [0, 0.05) is 13.0 Å². The fourth-order valence-corrected chi connectivity index (χ4v) is 3.76. The second-order valence-electron chi connectivity index (χ2n) is 7.78. The molecule has 7 nitrogen and oxygen atoms in total. The molecule has 2 aromatic carbocycles. The second-order valence-corrected chi connectivity index (χ2v) is 7.78. The summed E-state index contributed by atoms with van der Waals surface area (Å²) in [4.78, 5) is 24.7. The van der Waals surface area contributed by atoms with Gasteiger partial charge in [-0.1, -0.05) is 32.0 Å². The maximum absolute atomic E-state index is 12.6. The fraction of sp³-hybridized carbons (Fsp3) is 0.391. The van der Waals surface area contributed by atoms with Gasteiger partial charge in [-0.15, -0.1) is 0 Å². The Balaban J connectivity index is 1.39. The number of oxazole rings is 1. The molecule has 30 heavy (non-hydrogen) atoms. The molecule has 1 aliphatic heterocycles. The van der Waals surface area contributed by atoms with Gasteiger partial charge in [0.25, 0.3) is 0 Å². The second kappa shape index (κ2) is 8.65. The Kier molecular flexibility index (Phi) is 5.79. The molecule has 1 atom stereocenters. The number of nitrogens with one attached hydrogen (secondary N) is 1. The quantitative estimate of drug-likeness (QED) is 0.643. The lowest BCUT2D eigenvalue weighted by molar-refractivity contribution is -0.122. The third kappa shape index (κ3) is 4.20. The number of aryl methyl sites for hydroxylation is 1. The van der Waals surface area contributed by atoms with Crippen LogP contribution in [0.5, 0.6) is 11.5 Å².